The summed E-state index contributed by atoms with van der Waals surface area (Å²) < 4.78 is 7.32. The van der Waals surface area contributed by atoms with Gasteiger partial charge in [0, 0.05) is 42.8 Å². The molecule has 0 atom stereocenters. The Hall–Kier alpha value is -1.95. The maximum atomic E-state index is 9.64. The van der Waals surface area contributed by atoms with E-state index in [1.54, 1.807) is 0 Å². The molecule has 1 saturated heterocycles. The minimum absolute atomic E-state index is 0.00855. The van der Waals surface area contributed by atoms with E-state index in [9.17, 15) is 5.11 Å². The zero-order valence-electron chi connectivity index (χ0n) is 12.4. The minimum Gasteiger partial charge on any atom is -0.379 e. The van der Waals surface area contributed by atoms with E-state index >= 15 is 0 Å². The van der Waals surface area contributed by atoms with Crippen LogP contribution in [0.5, 0.6) is 0 Å². The average molecular weight is 297 g/mol. The Bertz CT molecular complexity index is 806. The van der Waals surface area contributed by atoms with Crippen molar-refractivity contribution < 1.29 is 9.84 Å². The Morgan fingerprint density at radius 1 is 1.18 bits per heavy atom. The summed E-state index contributed by atoms with van der Waals surface area (Å²) in [6, 6.07) is 8.14. The van der Waals surface area contributed by atoms with Gasteiger partial charge in [0.05, 0.1) is 24.2 Å². The lowest BCUT2D eigenvalue weighted by molar-refractivity contribution is 0.0343. The van der Waals surface area contributed by atoms with Crippen LogP contribution in [0.1, 0.15) is 5.56 Å². The highest BCUT2D eigenvalue weighted by Gasteiger charge is 2.16. The molecule has 0 amide bonds. The van der Waals surface area contributed by atoms with Crippen LogP contribution in [0.2, 0.25) is 0 Å². The molecule has 0 aliphatic carbocycles. The van der Waals surface area contributed by atoms with Crippen molar-refractivity contribution in [3.05, 3.63) is 42.2 Å². The fraction of sp³-hybridized carbons (Fsp3) is 0.353. The highest BCUT2D eigenvalue weighted by atomic mass is 16.5. The molecular weight excluding hydrogens is 278 g/mol. The highest BCUT2D eigenvalue weighted by molar-refractivity contribution is 6.07. The zero-order chi connectivity index (χ0) is 14.9. The van der Waals surface area contributed by atoms with Crippen LogP contribution in [0.25, 0.3) is 21.8 Å². The number of aliphatic hydroxyl groups is 1. The van der Waals surface area contributed by atoms with Gasteiger partial charge in [0.25, 0.3) is 0 Å². The molecule has 5 nitrogen and oxygen atoms in total. The number of aliphatic hydroxyl groups excluding tert-OH is 1. The quantitative estimate of drug-likeness (QED) is 0.803. The topological polar surface area (TPSA) is 50.5 Å². The van der Waals surface area contributed by atoms with Crippen LogP contribution in [-0.2, 0) is 18.0 Å². The van der Waals surface area contributed by atoms with Crippen LogP contribution in [0.3, 0.4) is 0 Å². The van der Waals surface area contributed by atoms with Crippen molar-refractivity contribution in [2.24, 2.45) is 0 Å². The molecule has 4 rings (SSSR count). The predicted molar refractivity (Wildman–Crippen MR) is 85.6 cm³/mol. The third-order valence-corrected chi connectivity index (χ3v) is 4.36. The van der Waals surface area contributed by atoms with E-state index in [1.165, 1.54) is 10.9 Å². The second kappa shape index (κ2) is 5.68. The van der Waals surface area contributed by atoms with E-state index in [2.05, 4.69) is 22.1 Å². The number of rotatable bonds is 3. The van der Waals surface area contributed by atoms with Crippen molar-refractivity contribution in [3.8, 4) is 0 Å². The summed E-state index contributed by atoms with van der Waals surface area (Å²) in [6.07, 6.45) is 3.88. The summed E-state index contributed by atoms with van der Waals surface area (Å²) in [4.78, 5) is 6.85. The Balaban J connectivity index is 1.86. The monoisotopic (exact) mass is 297 g/mol. The van der Waals surface area contributed by atoms with Gasteiger partial charge in [-0.2, -0.15) is 0 Å². The fourth-order valence-corrected chi connectivity index (χ4v) is 3.28. The van der Waals surface area contributed by atoms with Crippen LogP contribution >= 0.6 is 0 Å². The Labute approximate surface area is 128 Å². The standard InChI is InChI=1S/C17H19N3O2/c21-12-20-11-13(10-19-6-8-22-9-7-19)17-14-2-1-5-18-15(14)3-4-16(17)20/h1-5,11,21H,6-10,12H2. The molecule has 1 aromatic carbocycles. The SMILES string of the molecule is OCn1cc(CN2CCOCC2)c2c3cccnc3ccc21. The average Bonchev–Trinajstić information content (AvgIpc) is 2.94. The summed E-state index contributed by atoms with van der Waals surface area (Å²) in [5, 5.41) is 12.0. The van der Waals surface area contributed by atoms with Gasteiger partial charge >= 0.3 is 0 Å². The molecule has 5 heteroatoms. The van der Waals surface area contributed by atoms with Crippen molar-refractivity contribution in [1.29, 1.82) is 0 Å². The molecule has 0 radical (unpaired) electrons. The number of morpholine rings is 1. The van der Waals surface area contributed by atoms with Gasteiger partial charge in [-0.3, -0.25) is 9.88 Å². The lowest BCUT2D eigenvalue weighted by Crippen LogP contribution is -2.35. The number of benzene rings is 1. The number of aromatic nitrogens is 2. The number of fused-ring (bicyclic) bond motifs is 3. The summed E-state index contributed by atoms with van der Waals surface area (Å²) in [7, 11) is 0. The molecule has 0 spiro atoms. The van der Waals surface area contributed by atoms with E-state index in [1.807, 2.05) is 29.0 Å². The molecule has 0 unspecified atom stereocenters. The number of hydrogen-bond donors (Lipinski definition) is 1. The number of pyridine rings is 1. The van der Waals surface area contributed by atoms with Gasteiger partial charge in [0.15, 0.2) is 0 Å². The maximum absolute atomic E-state index is 9.64. The molecule has 3 heterocycles. The van der Waals surface area contributed by atoms with Gasteiger partial charge in [-0.05, 0) is 23.8 Å². The van der Waals surface area contributed by atoms with E-state index < -0.39 is 0 Å². The molecule has 114 valence electrons. The molecule has 0 bridgehead atoms. The lowest BCUT2D eigenvalue weighted by Gasteiger charge is -2.26. The molecular formula is C17H19N3O2. The third kappa shape index (κ3) is 2.27. The first-order valence-corrected chi connectivity index (χ1v) is 7.63. The number of hydrogen-bond acceptors (Lipinski definition) is 4. The molecule has 3 aromatic rings. The van der Waals surface area contributed by atoms with Crippen LogP contribution < -0.4 is 0 Å². The first-order valence-electron chi connectivity index (χ1n) is 7.63. The lowest BCUT2D eigenvalue weighted by atomic mass is 10.1. The summed E-state index contributed by atoms with van der Waals surface area (Å²) in [5.41, 5.74) is 3.30. The first kappa shape index (κ1) is 13.7. The molecule has 2 aromatic heterocycles. The first-order chi connectivity index (χ1) is 10.9. The van der Waals surface area contributed by atoms with Gasteiger partial charge in [0.2, 0.25) is 0 Å². The smallest absolute Gasteiger partial charge is 0.119 e. The predicted octanol–water partition coefficient (Wildman–Crippen LogP) is 1.97. The van der Waals surface area contributed by atoms with Crippen molar-refractivity contribution in [2.75, 3.05) is 26.3 Å². The third-order valence-electron chi connectivity index (χ3n) is 4.36. The Kier molecular flexibility index (Phi) is 3.54. The second-order valence-corrected chi connectivity index (χ2v) is 5.68. The van der Waals surface area contributed by atoms with Crippen LogP contribution in [0, 0.1) is 0 Å². The molecule has 1 aliphatic rings. The van der Waals surface area contributed by atoms with Crippen molar-refractivity contribution in [2.45, 2.75) is 13.3 Å². The zero-order valence-corrected chi connectivity index (χ0v) is 12.4. The van der Waals surface area contributed by atoms with Crippen molar-refractivity contribution in [3.63, 3.8) is 0 Å². The van der Waals surface area contributed by atoms with Gasteiger partial charge in [-0.15, -0.1) is 0 Å². The number of ether oxygens (including phenoxy) is 1. The van der Waals surface area contributed by atoms with E-state index in [4.69, 9.17) is 4.74 Å². The molecule has 22 heavy (non-hydrogen) atoms. The molecule has 1 N–H and O–H groups in total. The van der Waals surface area contributed by atoms with Gasteiger partial charge in [-0.25, -0.2) is 0 Å². The Morgan fingerprint density at radius 3 is 2.86 bits per heavy atom. The van der Waals surface area contributed by atoms with Gasteiger partial charge < -0.3 is 14.4 Å². The van der Waals surface area contributed by atoms with Crippen LogP contribution in [-0.4, -0.2) is 45.9 Å². The normalized spacial score (nSPS) is 16.6. The highest BCUT2D eigenvalue weighted by Crippen LogP contribution is 2.30. The molecule has 1 fully saturated rings. The maximum Gasteiger partial charge on any atom is 0.119 e. The molecule has 0 saturated carbocycles. The second-order valence-electron chi connectivity index (χ2n) is 5.68. The van der Waals surface area contributed by atoms with Gasteiger partial charge in [0.1, 0.15) is 6.73 Å². The van der Waals surface area contributed by atoms with Crippen LogP contribution in [0.4, 0.5) is 0 Å². The van der Waals surface area contributed by atoms with E-state index in [-0.39, 0.29) is 6.73 Å². The number of nitrogens with zero attached hydrogens (tertiary/aromatic N) is 3. The fourth-order valence-electron chi connectivity index (χ4n) is 3.28. The summed E-state index contributed by atoms with van der Waals surface area (Å²) >= 11 is 0. The largest absolute Gasteiger partial charge is 0.379 e. The van der Waals surface area contributed by atoms with Crippen molar-refractivity contribution in [1.82, 2.24) is 14.5 Å². The van der Waals surface area contributed by atoms with Crippen molar-refractivity contribution >= 4 is 21.8 Å². The summed E-state index contributed by atoms with van der Waals surface area (Å²) in [6.45, 7) is 4.36. The van der Waals surface area contributed by atoms with Gasteiger partial charge in [-0.1, -0.05) is 6.07 Å². The van der Waals surface area contributed by atoms with E-state index in [0.717, 1.165) is 49.3 Å². The Morgan fingerprint density at radius 2 is 2.05 bits per heavy atom. The van der Waals surface area contributed by atoms with E-state index in [0.29, 0.717) is 0 Å². The minimum atomic E-state index is -0.00855. The molecule has 1 aliphatic heterocycles. The summed E-state index contributed by atoms with van der Waals surface area (Å²) in [5.74, 6) is 0. The van der Waals surface area contributed by atoms with Crippen LogP contribution in [0.15, 0.2) is 36.7 Å².